The highest BCUT2D eigenvalue weighted by atomic mass is 16.3. The Morgan fingerprint density at radius 2 is 0.639 bits per heavy atom. The minimum Gasteiger partial charge on any atom is -0.456 e. The van der Waals surface area contributed by atoms with Gasteiger partial charge in [0.1, 0.15) is 22.3 Å². The van der Waals surface area contributed by atoms with Crippen molar-refractivity contribution in [2.45, 2.75) is 0 Å². The standard InChI is InChI=1S/C66H38N4O2/c1-3-15-39(16-4-1)67(41-31-33-61-51(35-41)43-19-7-9-29-59(43)71-61)53-25-13-27-55-63(53)47-23-11-21-45-49-38-58-50(37-57(49)69(55)65(45)47)46-22-12-24-48-64-54(26-14-28-56(64)70(58)66(46)48)68(40-17-5-2-6-18-40)42-32-34-62-52(36-42)44-20-8-10-30-60(44)72-62/h1-38H. The van der Waals surface area contributed by atoms with Gasteiger partial charge in [0, 0.05) is 87.4 Å². The topological polar surface area (TPSA) is 41.6 Å². The van der Waals surface area contributed by atoms with E-state index in [1.54, 1.807) is 0 Å². The van der Waals surface area contributed by atoms with Crippen molar-refractivity contribution >= 4 is 154 Å². The summed E-state index contributed by atoms with van der Waals surface area (Å²) in [5, 5.41) is 14.3. The van der Waals surface area contributed by atoms with Crippen LogP contribution in [0.4, 0.5) is 34.1 Å². The molecule has 0 atom stereocenters. The molecule has 0 saturated heterocycles. The van der Waals surface area contributed by atoms with Crippen LogP contribution in [0.15, 0.2) is 239 Å². The zero-order valence-corrected chi connectivity index (χ0v) is 38.5. The molecule has 6 aromatic heterocycles. The molecule has 6 heteroatoms. The van der Waals surface area contributed by atoms with E-state index in [1.807, 2.05) is 24.3 Å². The van der Waals surface area contributed by atoms with Gasteiger partial charge in [-0.25, -0.2) is 0 Å². The normalized spacial score (nSPS) is 12.4. The summed E-state index contributed by atoms with van der Waals surface area (Å²) in [5.74, 6) is 0. The van der Waals surface area contributed by atoms with Gasteiger partial charge < -0.3 is 27.4 Å². The van der Waals surface area contributed by atoms with Crippen molar-refractivity contribution in [1.82, 2.24) is 8.80 Å². The minimum absolute atomic E-state index is 0.883. The third-order valence-corrected chi connectivity index (χ3v) is 15.5. The van der Waals surface area contributed by atoms with E-state index in [2.05, 4.69) is 225 Å². The van der Waals surface area contributed by atoms with E-state index in [0.717, 1.165) is 78.0 Å². The molecule has 17 aromatic rings. The average molecular weight is 919 g/mol. The number of para-hydroxylation sites is 6. The highest BCUT2D eigenvalue weighted by Gasteiger charge is 2.27. The number of aromatic nitrogens is 2. The Hall–Kier alpha value is -9.78. The Kier molecular flexibility index (Phi) is 7.38. The number of anilines is 6. The van der Waals surface area contributed by atoms with Crippen LogP contribution in [0.2, 0.25) is 0 Å². The van der Waals surface area contributed by atoms with Gasteiger partial charge in [0.05, 0.1) is 44.5 Å². The molecule has 0 N–H and O–H groups in total. The van der Waals surface area contributed by atoms with Gasteiger partial charge in [-0.3, -0.25) is 0 Å². The van der Waals surface area contributed by atoms with Crippen LogP contribution in [0.25, 0.3) is 120 Å². The molecule has 0 aliphatic rings. The van der Waals surface area contributed by atoms with Crippen molar-refractivity contribution in [2.75, 3.05) is 9.80 Å². The van der Waals surface area contributed by atoms with Gasteiger partial charge >= 0.3 is 0 Å². The van der Waals surface area contributed by atoms with Crippen LogP contribution in [-0.2, 0) is 0 Å². The van der Waals surface area contributed by atoms with E-state index in [0.29, 0.717) is 0 Å². The van der Waals surface area contributed by atoms with Crippen LogP contribution in [0.5, 0.6) is 0 Å². The Bertz CT molecular complexity index is 4740. The summed E-state index contributed by atoms with van der Waals surface area (Å²) in [5.41, 5.74) is 17.4. The molecule has 0 aliphatic heterocycles. The van der Waals surface area contributed by atoms with Gasteiger partial charge in [0.25, 0.3) is 0 Å². The van der Waals surface area contributed by atoms with Gasteiger partial charge in [0.15, 0.2) is 0 Å². The van der Waals surface area contributed by atoms with Crippen LogP contribution in [-0.4, -0.2) is 8.80 Å². The van der Waals surface area contributed by atoms with Crippen molar-refractivity contribution in [3.63, 3.8) is 0 Å². The molecule has 0 aliphatic carbocycles. The van der Waals surface area contributed by atoms with E-state index < -0.39 is 0 Å². The maximum absolute atomic E-state index is 6.31. The number of fused-ring (bicyclic) bond motifs is 18. The van der Waals surface area contributed by atoms with Crippen LogP contribution < -0.4 is 9.80 Å². The van der Waals surface area contributed by atoms with Gasteiger partial charge in [-0.2, -0.15) is 0 Å². The van der Waals surface area contributed by atoms with E-state index in [1.165, 1.54) is 76.2 Å². The van der Waals surface area contributed by atoms with Crippen LogP contribution >= 0.6 is 0 Å². The lowest BCUT2D eigenvalue weighted by Crippen LogP contribution is -2.10. The number of hydrogen-bond acceptors (Lipinski definition) is 4. The molecule has 6 heterocycles. The SMILES string of the molecule is c1ccc(N(c2ccc3oc4ccccc4c3c2)c2cccc3c2c2cccc4c5cc6c(cc5n3c42)c2cccc3c4c(N(c5ccccc5)c5ccc7oc8ccccc8c7c5)cccc4n6c23)cc1. The molecule has 0 fully saturated rings. The third-order valence-electron chi connectivity index (χ3n) is 15.5. The van der Waals surface area contributed by atoms with Crippen molar-refractivity contribution < 1.29 is 8.83 Å². The number of hydrogen-bond donors (Lipinski definition) is 0. The largest absolute Gasteiger partial charge is 0.456 e. The van der Waals surface area contributed by atoms with Gasteiger partial charge in [0.2, 0.25) is 0 Å². The fourth-order valence-electron chi connectivity index (χ4n) is 12.6. The second kappa shape index (κ2) is 13.9. The minimum atomic E-state index is 0.883. The second-order valence-electron chi connectivity index (χ2n) is 19.2. The summed E-state index contributed by atoms with van der Waals surface area (Å²) in [6.07, 6.45) is 0. The smallest absolute Gasteiger partial charge is 0.135 e. The molecule has 0 saturated carbocycles. The first kappa shape index (κ1) is 38.1. The molecule has 11 aromatic carbocycles. The van der Waals surface area contributed by atoms with Crippen LogP contribution in [0.1, 0.15) is 0 Å². The predicted octanol–water partition coefficient (Wildman–Crippen LogP) is 18.7. The molecule has 17 rings (SSSR count). The van der Waals surface area contributed by atoms with Gasteiger partial charge in [-0.15, -0.1) is 0 Å². The Morgan fingerprint density at radius 3 is 1.11 bits per heavy atom. The Labute approximate surface area is 410 Å². The molecule has 0 spiro atoms. The summed E-state index contributed by atoms with van der Waals surface area (Å²) in [7, 11) is 0. The summed E-state index contributed by atoms with van der Waals surface area (Å²) < 4.78 is 17.7. The zero-order chi connectivity index (χ0) is 46.8. The predicted molar refractivity (Wildman–Crippen MR) is 300 cm³/mol. The van der Waals surface area contributed by atoms with E-state index in [-0.39, 0.29) is 0 Å². The Balaban J connectivity index is 0.903. The lowest BCUT2D eigenvalue weighted by atomic mass is 10.0. The fourth-order valence-corrected chi connectivity index (χ4v) is 12.6. The quantitative estimate of drug-likeness (QED) is 0.167. The van der Waals surface area contributed by atoms with Crippen molar-refractivity contribution in [2.24, 2.45) is 0 Å². The molecule has 0 radical (unpaired) electrons. The number of nitrogens with zero attached hydrogens (tertiary/aromatic N) is 4. The summed E-state index contributed by atoms with van der Waals surface area (Å²) in [4.78, 5) is 4.82. The van der Waals surface area contributed by atoms with E-state index >= 15 is 0 Å². The van der Waals surface area contributed by atoms with Crippen molar-refractivity contribution in [3.05, 3.63) is 231 Å². The van der Waals surface area contributed by atoms with Crippen molar-refractivity contribution in [3.8, 4) is 0 Å². The number of benzene rings is 11. The summed E-state index contributed by atoms with van der Waals surface area (Å²) >= 11 is 0. The second-order valence-corrected chi connectivity index (χ2v) is 19.2. The van der Waals surface area contributed by atoms with Crippen molar-refractivity contribution in [1.29, 1.82) is 0 Å². The zero-order valence-electron chi connectivity index (χ0n) is 38.5. The highest BCUT2D eigenvalue weighted by Crippen LogP contribution is 2.51. The average Bonchev–Trinajstić information content (AvgIpc) is 4.29. The van der Waals surface area contributed by atoms with E-state index in [9.17, 15) is 0 Å². The molecule has 0 unspecified atom stereocenters. The van der Waals surface area contributed by atoms with Crippen LogP contribution in [0, 0.1) is 0 Å². The maximum atomic E-state index is 6.31. The van der Waals surface area contributed by atoms with Gasteiger partial charge in [-0.1, -0.05) is 121 Å². The molecular formula is C66H38N4O2. The molecule has 334 valence electrons. The molecule has 0 bridgehead atoms. The lowest BCUT2D eigenvalue weighted by molar-refractivity contribution is 0.668. The first-order chi connectivity index (χ1) is 35.7. The Morgan fingerprint density at radius 1 is 0.250 bits per heavy atom. The summed E-state index contributed by atoms with van der Waals surface area (Å²) in [6, 6.07) is 83.5. The molecule has 6 nitrogen and oxygen atoms in total. The highest BCUT2D eigenvalue weighted by molar-refractivity contribution is 6.31. The monoisotopic (exact) mass is 918 g/mol. The van der Waals surface area contributed by atoms with Gasteiger partial charge in [-0.05, 0) is 109 Å². The van der Waals surface area contributed by atoms with E-state index in [4.69, 9.17) is 8.83 Å². The fraction of sp³-hybridized carbons (Fsp3) is 0. The number of furan rings is 2. The molecule has 0 amide bonds. The van der Waals surface area contributed by atoms with Crippen LogP contribution in [0.3, 0.4) is 0 Å². The lowest BCUT2D eigenvalue weighted by Gasteiger charge is -2.26. The molecule has 72 heavy (non-hydrogen) atoms. The molecular weight excluding hydrogens is 881 g/mol. The summed E-state index contributed by atoms with van der Waals surface area (Å²) in [6.45, 7) is 0. The first-order valence-corrected chi connectivity index (χ1v) is 24.6. The first-order valence-electron chi connectivity index (χ1n) is 24.6. The number of rotatable bonds is 6. The maximum Gasteiger partial charge on any atom is 0.135 e. The third kappa shape index (κ3) is 4.97.